The molecule has 1 unspecified atom stereocenters. The number of rotatable bonds is 6. The summed E-state index contributed by atoms with van der Waals surface area (Å²) >= 11 is 6.34. The van der Waals surface area contributed by atoms with Gasteiger partial charge in [-0.05, 0) is 49.4 Å². The van der Waals surface area contributed by atoms with E-state index in [1.54, 1.807) is 6.33 Å². The molecule has 0 aliphatic rings. The predicted octanol–water partition coefficient (Wildman–Crippen LogP) is 5.17. The Balaban J connectivity index is 2.07. The molecule has 0 radical (unpaired) electrons. The van der Waals surface area contributed by atoms with Crippen LogP contribution < -0.4 is 4.74 Å². The number of aromatic nitrogens is 2. The smallest absolute Gasteiger partial charge is 0.137 e. The molecule has 0 saturated carbocycles. The van der Waals surface area contributed by atoms with Crippen molar-refractivity contribution in [1.29, 1.82) is 0 Å². The van der Waals surface area contributed by atoms with Gasteiger partial charge in [0.15, 0.2) is 0 Å². The van der Waals surface area contributed by atoms with E-state index in [4.69, 9.17) is 16.3 Å². The molecule has 4 heteroatoms. The number of ether oxygens (including phenoxy) is 1. The first-order valence-electron chi connectivity index (χ1n) is 7.67. The van der Waals surface area contributed by atoms with Crippen LogP contribution in [0.25, 0.3) is 11.3 Å². The van der Waals surface area contributed by atoms with Gasteiger partial charge >= 0.3 is 0 Å². The Morgan fingerprint density at radius 2 is 1.91 bits per heavy atom. The van der Waals surface area contributed by atoms with Crippen LogP contribution in [0.15, 0.2) is 30.6 Å². The van der Waals surface area contributed by atoms with E-state index in [0.717, 1.165) is 29.1 Å². The fourth-order valence-corrected chi connectivity index (χ4v) is 2.73. The van der Waals surface area contributed by atoms with Crippen molar-refractivity contribution < 1.29 is 4.74 Å². The molecule has 1 heterocycles. The SMILES string of the molecule is Cc1cc(-c2ccc(OCC(C)CC(C)C)c(Cl)c2)ncn1. The Kier molecular flexibility index (Phi) is 5.78. The van der Waals surface area contributed by atoms with E-state index >= 15 is 0 Å². The largest absolute Gasteiger partial charge is 0.492 e. The predicted molar refractivity (Wildman–Crippen MR) is 91.3 cm³/mol. The van der Waals surface area contributed by atoms with Crippen molar-refractivity contribution in [3.05, 3.63) is 41.3 Å². The van der Waals surface area contributed by atoms with Crippen molar-refractivity contribution in [2.45, 2.75) is 34.1 Å². The summed E-state index contributed by atoms with van der Waals surface area (Å²) in [5.41, 5.74) is 2.77. The first kappa shape index (κ1) is 16.8. The van der Waals surface area contributed by atoms with Gasteiger partial charge in [0.05, 0.1) is 17.3 Å². The molecule has 1 aromatic carbocycles. The van der Waals surface area contributed by atoms with Gasteiger partial charge in [-0.1, -0.05) is 32.4 Å². The molecule has 0 bridgehead atoms. The van der Waals surface area contributed by atoms with Gasteiger partial charge in [0, 0.05) is 11.3 Å². The van der Waals surface area contributed by atoms with Crippen molar-refractivity contribution in [1.82, 2.24) is 9.97 Å². The summed E-state index contributed by atoms with van der Waals surface area (Å²) in [7, 11) is 0. The van der Waals surface area contributed by atoms with Gasteiger partial charge in [-0.15, -0.1) is 0 Å². The van der Waals surface area contributed by atoms with Crippen LogP contribution in [0.3, 0.4) is 0 Å². The number of hydrogen-bond acceptors (Lipinski definition) is 3. The lowest BCUT2D eigenvalue weighted by Gasteiger charge is -2.16. The zero-order valence-corrected chi connectivity index (χ0v) is 14.4. The lowest BCUT2D eigenvalue weighted by atomic mass is 10.00. The molecule has 0 aliphatic carbocycles. The first-order chi connectivity index (χ1) is 10.5. The van der Waals surface area contributed by atoms with Crippen LogP contribution in [0.4, 0.5) is 0 Å². The molecular weight excluding hydrogens is 296 g/mol. The third kappa shape index (κ3) is 4.70. The minimum absolute atomic E-state index is 0.514. The number of aryl methyl sites for hydroxylation is 1. The molecule has 2 aromatic rings. The van der Waals surface area contributed by atoms with Crippen LogP contribution in [0.2, 0.25) is 5.02 Å². The highest BCUT2D eigenvalue weighted by molar-refractivity contribution is 6.32. The third-order valence-corrected chi connectivity index (χ3v) is 3.72. The molecule has 3 nitrogen and oxygen atoms in total. The van der Waals surface area contributed by atoms with Crippen molar-refractivity contribution in [3.8, 4) is 17.0 Å². The lowest BCUT2D eigenvalue weighted by molar-refractivity contribution is 0.239. The molecule has 0 N–H and O–H groups in total. The Morgan fingerprint density at radius 3 is 2.55 bits per heavy atom. The molecule has 0 aliphatic heterocycles. The van der Waals surface area contributed by atoms with E-state index in [0.29, 0.717) is 23.5 Å². The zero-order valence-electron chi connectivity index (χ0n) is 13.6. The molecule has 22 heavy (non-hydrogen) atoms. The molecule has 0 saturated heterocycles. The van der Waals surface area contributed by atoms with E-state index in [1.807, 2.05) is 31.2 Å². The standard InChI is InChI=1S/C18H23ClN2O/c1-12(2)7-13(3)10-22-18-6-5-15(9-16(18)19)17-8-14(4)20-11-21-17/h5-6,8-9,11-13H,7,10H2,1-4H3. The Bertz CT molecular complexity index is 628. The average Bonchev–Trinajstić information content (AvgIpc) is 2.45. The summed E-state index contributed by atoms with van der Waals surface area (Å²) in [6, 6.07) is 7.73. The maximum Gasteiger partial charge on any atom is 0.137 e. The van der Waals surface area contributed by atoms with E-state index < -0.39 is 0 Å². The number of benzene rings is 1. The second kappa shape index (κ2) is 7.59. The second-order valence-electron chi connectivity index (χ2n) is 6.24. The van der Waals surface area contributed by atoms with E-state index in [-0.39, 0.29) is 0 Å². The highest BCUT2D eigenvalue weighted by Crippen LogP contribution is 2.30. The molecule has 118 valence electrons. The molecular formula is C18H23ClN2O. The van der Waals surface area contributed by atoms with E-state index in [9.17, 15) is 0 Å². The minimum atomic E-state index is 0.514. The highest BCUT2D eigenvalue weighted by Gasteiger charge is 2.09. The first-order valence-corrected chi connectivity index (χ1v) is 8.05. The van der Waals surface area contributed by atoms with Gasteiger partial charge in [-0.25, -0.2) is 9.97 Å². The number of nitrogens with zero attached hydrogens (tertiary/aromatic N) is 2. The van der Waals surface area contributed by atoms with Gasteiger partial charge in [-0.2, -0.15) is 0 Å². The summed E-state index contributed by atoms with van der Waals surface area (Å²) in [6.45, 7) is 9.28. The molecule has 1 atom stereocenters. The van der Waals surface area contributed by atoms with Crippen LogP contribution in [-0.2, 0) is 0 Å². The third-order valence-electron chi connectivity index (χ3n) is 3.43. The molecule has 2 rings (SSSR count). The molecule has 0 spiro atoms. The maximum atomic E-state index is 6.34. The quantitative estimate of drug-likeness (QED) is 0.737. The topological polar surface area (TPSA) is 35.0 Å². The number of hydrogen-bond donors (Lipinski definition) is 0. The van der Waals surface area contributed by atoms with Crippen LogP contribution in [0.1, 0.15) is 32.9 Å². The minimum Gasteiger partial charge on any atom is -0.492 e. The molecule has 1 aromatic heterocycles. The summed E-state index contributed by atoms with van der Waals surface area (Å²) in [5.74, 6) is 1.92. The summed E-state index contributed by atoms with van der Waals surface area (Å²) in [4.78, 5) is 8.39. The van der Waals surface area contributed by atoms with Crippen LogP contribution in [-0.4, -0.2) is 16.6 Å². The van der Waals surface area contributed by atoms with Crippen LogP contribution in [0, 0.1) is 18.8 Å². The summed E-state index contributed by atoms with van der Waals surface area (Å²) in [5, 5.41) is 0.616. The monoisotopic (exact) mass is 318 g/mol. The Labute approximate surface area is 137 Å². The van der Waals surface area contributed by atoms with Crippen molar-refractivity contribution in [3.63, 3.8) is 0 Å². The fourth-order valence-electron chi connectivity index (χ4n) is 2.49. The molecule has 0 fully saturated rings. The van der Waals surface area contributed by atoms with Crippen molar-refractivity contribution in [2.75, 3.05) is 6.61 Å². The van der Waals surface area contributed by atoms with Crippen LogP contribution in [0.5, 0.6) is 5.75 Å². The normalized spacial score (nSPS) is 12.5. The van der Waals surface area contributed by atoms with Gasteiger partial charge in [0.25, 0.3) is 0 Å². The van der Waals surface area contributed by atoms with Crippen molar-refractivity contribution in [2.24, 2.45) is 11.8 Å². The van der Waals surface area contributed by atoms with Gasteiger partial charge < -0.3 is 4.74 Å². The van der Waals surface area contributed by atoms with Crippen LogP contribution >= 0.6 is 11.6 Å². The highest BCUT2D eigenvalue weighted by atomic mass is 35.5. The van der Waals surface area contributed by atoms with Crippen molar-refractivity contribution >= 4 is 11.6 Å². The zero-order chi connectivity index (χ0) is 16.1. The maximum absolute atomic E-state index is 6.34. The van der Waals surface area contributed by atoms with Gasteiger partial charge in [0.2, 0.25) is 0 Å². The lowest BCUT2D eigenvalue weighted by Crippen LogP contribution is -2.11. The fraction of sp³-hybridized carbons (Fsp3) is 0.444. The van der Waals surface area contributed by atoms with E-state index in [1.165, 1.54) is 0 Å². The summed E-state index contributed by atoms with van der Waals surface area (Å²) in [6.07, 6.45) is 2.71. The Morgan fingerprint density at radius 1 is 1.14 bits per heavy atom. The average molecular weight is 319 g/mol. The Hall–Kier alpha value is -1.61. The summed E-state index contributed by atoms with van der Waals surface area (Å²) < 4.78 is 5.85. The second-order valence-corrected chi connectivity index (χ2v) is 6.64. The van der Waals surface area contributed by atoms with Gasteiger partial charge in [-0.3, -0.25) is 0 Å². The molecule has 0 amide bonds. The van der Waals surface area contributed by atoms with E-state index in [2.05, 4.69) is 30.7 Å². The number of halogens is 1. The van der Waals surface area contributed by atoms with Gasteiger partial charge in [0.1, 0.15) is 12.1 Å².